The Balaban J connectivity index is 1.26. The molecule has 0 spiro atoms. The van der Waals surface area contributed by atoms with E-state index in [-0.39, 0.29) is 17.9 Å². The number of amides is 2. The molecule has 4 rings (SSSR count). The van der Waals surface area contributed by atoms with Crippen molar-refractivity contribution in [3.63, 3.8) is 0 Å². The molecule has 2 amide bonds. The van der Waals surface area contributed by atoms with Crippen LogP contribution in [-0.2, 0) is 0 Å². The van der Waals surface area contributed by atoms with Crippen molar-refractivity contribution in [2.24, 2.45) is 0 Å². The second-order valence-corrected chi connectivity index (χ2v) is 7.52. The zero-order chi connectivity index (χ0) is 22.2. The molecule has 1 saturated heterocycles. The third-order valence-electron chi connectivity index (χ3n) is 5.33. The second kappa shape index (κ2) is 10.5. The summed E-state index contributed by atoms with van der Waals surface area (Å²) in [5.74, 6) is 1.34. The van der Waals surface area contributed by atoms with Gasteiger partial charge in [-0.25, -0.2) is 0 Å². The van der Waals surface area contributed by atoms with Crippen molar-refractivity contribution >= 4 is 11.8 Å². The van der Waals surface area contributed by atoms with Crippen molar-refractivity contribution in [2.45, 2.75) is 18.9 Å². The first-order chi connectivity index (χ1) is 15.7. The summed E-state index contributed by atoms with van der Waals surface area (Å²) in [6.45, 7) is 1.84. The lowest BCUT2D eigenvalue weighted by Crippen LogP contribution is -2.46. The van der Waals surface area contributed by atoms with Gasteiger partial charge in [-0.2, -0.15) is 0 Å². The van der Waals surface area contributed by atoms with Crippen LogP contribution in [0, 0.1) is 0 Å². The van der Waals surface area contributed by atoms with Gasteiger partial charge in [0.1, 0.15) is 24.7 Å². The minimum atomic E-state index is -0.180. The number of hydrogen-bond donors (Lipinski definition) is 1. The second-order valence-electron chi connectivity index (χ2n) is 7.52. The highest BCUT2D eigenvalue weighted by molar-refractivity contribution is 5.97. The van der Waals surface area contributed by atoms with Crippen LogP contribution in [0.1, 0.15) is 33.8 Å². The minimum absolute atomic E-state index is 0.00220. The molecule has 7 nitrogen and oxygen atoms in total. The van der Waals surface area contributed by atoms with Gasteiger partial charge in [0.2, 0.25) is 0 Å². The molecule has 32 heavy (non-hydrogen) atoms. The summed E-state index contributed by atoms with van der Waals surface area (Å²) in [4.78, 5) is 27.0. The van der Waals surface area contributed by atoms with Crippen LogP contribution < -0.4 is 14.8 Å². The van der Waals surface area contributed by atoms with Crippen LogP contribution in [0.25, 0.3) is 0 Å². The highest BCUT2D eigenvalue weighted by atomic mass is 16.5. The van der Waals surface area contributed by atoms with Crippen molar-refractivity contribution in [2.75, 3.05) is 26.3 Å². The van der Waals surface area contributed by atoms with E-state index in [2.05, 4.69) is 5.32 Å². The maximum atomic E-state index is 12.9. The van der Waals surface area contributed by atoms with Crippen molar-refractivity contribution < 1.29 is 23.5 Å². The molecular formula is C25H26N2O5. The summed E-state index contributed by atoms with van der Waals surface area (Å²) >= 11 is 0. The van der Waals surface area contributed by atoms with Crippen LogP contribution in [0.5, 0.6) is 11.5 Å². The molecule has 2 heterocycles. The van der Waals surface area contributed by atoms with E-state index in [1.807, 2.05) is 42.5 Å². The average molecular weight is 434 g/mol. The normalized spacial score (nSPS) is 14.1. The van der Waals surface area contributed by atoms with Crippen molar-refractivity contribution in [3.8, 4) is 11.5 Å². The molecule has 0 bridgehead atoms. The zero-order valence-electron chi connectivity index (χ0n) is 17.7. The molecule has 1 aromatic heterocycles. The highest BCUT2D eigenvalue weighted by Gasteiger charge is 2.26. The van der Waals surface area contributed by atoms with Crippen LogP contribution in [0.3, 0.4) is 0 Å². The first-order valence-corrected chi connectivity index (χ1v) is 10.7. The van der Waals surface area contributed by atoms with Gasteiger partial charge in [0.05, 0.1) is 11.8 Å². The molecule has 166 valence electrons. The lowest BCUT2D eigenvalue weighted by atomic mass is 10.0. The third kappa shape index (κ3) is 5.49. The number of likely N-dealkylation sites (tertiary alicyclic amines) is 1. The first kappa shape index (κ1) is 21.5. The fourth-order valence-corrected chi connectivity index (χ4v) is 3.65. The molecule has 0 radical (unpaired) electrons. The van der Waals surface area contributed by atoms with E-state index in [1.54, 1.807) is 29.2 Å². The van der Waals surface area contributed by atoms with Crippen LogP contribution in [0.4, 0.5) is 0 Å². The predicted molar refractivity (Wildman–Crippen MR) is 119 cm³/mol. The molecule has 3 aromatic rings. The van der Waals surface area contributed by atoms with Gasteiger partial charge in [0, 0.05) is 19.1 Å². The van der Waals surface area contributed by atoms with Crippen LogP contribution in [-0.4, -0.2) is 49.1 Å². The number of ether oxygens (including phenoxy) is 2. The van der Waals surface area contributed by atoms with Gasteiger partial charge in [-0.1, -0.05) is 30.3 Å². The van der Waals surface area contributed by atoms with Crippen molar-refractivity contribution in [3.05, 3.63) is 84.3 Å². The lowest BCUT2D eigenvalue weighted by Gasteiger charge is -2.32. The molecule has 0 unspecified atom stereocenters. The molecule has 0 saturated carbocycles. The standard InChI is InChI=1S/C25H26N2O5/c28-24(26-19-12-14-27(15-13-19)25(29)23-11-6-16-31-23)21-9-4-5-10-22(21)32-18-17-30-20-7-2-1-3-8-20/h1-11,16,19H,12-15,17-18H2,(H,26,28). The number of hydrogen-bond acceptors (Lipinski definition) is 5. The van der Waals surface area contributed by atoms with E-state index in [9.17, 15) is 9.59 Å². The van der Waals surface area contributed by atoms with Gasteiger partial charge in [-0.3, -0.25) is 9.59 Å². The molecule has 1 aliphatic heterocycles. The topological polar surface area (TPSA) is 81.0 Å². The molecular weight excluding hydrogens is 408 g/mol. The van der Waals surface area contributed by atoms with Gasteiger partial charge >= 0.3 is 0 Å². The highest BCUT2D eigenvalue weighted by Crippen LogP contribution is 2.20. The number of para-hydroxylation sites is 2. The summed E-state index contributed by atoms with van der Waals surface area (Å²) in [5.41, 5.74) is 0.487. The predicted octanol–water partition coefficient (Wildman–Crippen LogP) is 3.77. The monoisotopic (exact) mass is 434 g/mol. The maximum Gasteiger partial charge on any atom is 0.289 e. The van der Waals surface area contributed by atoms with Gasteiger partial charge in [-0.05, 0) is 49.2 Å². The number of piperidine rings is 1. The van der Waals surface area contributed by atoms with E-state index in [4.69, 9.17) is 13.9 Å². The van der Waals surface area contributed by atoms with Crippen molar-refractivity contribution in [1.82, 2.24) is 10.2 Å². The van der Waals surface area contributed by atoms with Crippen LogP contribution in [0.15, 0.2) is 77.4 Å². The van der Waals surface area contributed by atoms with E-state index in [1.165, 1.54) is 6.26 Å². The fraction of sp³-hybridized carbons (Fsp3) is 0.280. The molecule has 0 aliphatic carbocycles. The summed E-state index contributed by atoms with van der Waals surface area (Å²) in [6.07, 6.45) is 2.87. The Hall–Kier alpha value is -3.74. The fourth-order valence-electron chi connectivity index (χ4n) is 3.65. The van der Waals surface area contributed by atoms with E-state index >= 15 is 0 Å². The number of rotatable bonds is 8. The van der Waals surface area contributed by atoms with E-state index in [0.717, 1.165) is 5.75 Å². The Bertz CT molecular complexity index is 1010. The summed E-state index contributed by atoms with van der Waals surface area (Å²) in [5, 5.41) is 3.07. The Morgan fingerprint density at radius 3 is 2.38 bits per heavy atom. The van der Waals surface area contributed by atoms with Crippen molar-refractivity contribution in [1.29, 1.82) is 0 Å². The largest absolute Gasteiger partial charge is 0.490 e. The number of nitrogens with zero attached hydrogens (tertiary/aromatic N) is 1. The minimum Gasteiger partial charge on any atom is -0.490 e. The molecule has 1 N–H and O–H groups in total. The SMILES string of the molecule is O=C(NC1CCN(C(=O)c2ccco2)CC1)c1ccccc1OCCOc1ccccc1. The Morgan fingerprint density at radius 2 is 1.62 bits per heavy atom. The van der Waals surface area contributed by atoms with Gasteiger partial charge in [-0.15, -0.1) is 0 Å². The van der Waals surface area contributed by atoms with E-state index < -0.39 is 0 Å². The Labute approximate surface area is 186 Å². The van der Waals surface area contributed by atoms with Gasteiger partial charge in [0.25, 0.3) is 11.8 Å². The summed E-state index contributed by atoms with van der Waals surface area (Å²) in [7, 11) is 0. The average Bonchev–Trinajstić information content (AvgIpc) is 3.38. The number of carbonyl (C=O) groups excluding carboxylic acids is 2. The number of benzene rings is 2. The van der Waals surface area contributed by atoms with Gasteiger partial charge in [0.15, 0.2) is 5.76 Å². The number of carbonyl (C=O) groups is 2. The molecule has 2 aromatic carbocycles. The summed E-state index contributed by atoms with van der Waals surface area (Å²) < 4.78 is 16.6. The lowest BCUT2D eigenvalue weighted by molar-refractivity contribution is 0.0667. The molecule has 0 atom stereocenters. The maximum absolute atomic E-state index is 12.9. The molecule has 1 aliphatic rings. The smallest absolute Gasteiger partial charge is 0.289 e. The third-order valence-corrected chi connectivity index (χ3v) is 5.33. The molecule has 7 heteroatoms. The quantitative estimate of drug-likeness (QED) is 0.546. The first-order valence-electron chi connectivity index (χ1n) is 10.7. The summed E-state index contributed by atoms with van der Waals surface area (Å²) in [6, 6.07) is 20.1. The number of furan rings is 1. The van der Waals surface area contributed by atoms with Crippen LogP contribution in [0.2, 0.25) is 0 Å². The Kier molecular flexibility index (Phi) is 7.07. The molecule has 1 fully saturated rings. The van der Waals surface area contributed by atoms with Crippen LogP contribution >= 0.6 is 0 Å². The zero-order valence-corrected chi connectivity index (χ0v) is 17.7. The van der Waals surface area contributed by atoms with Gasteiger partial charge < -0.3 is 24.1 Å². The van der Waals surface area contributed by atoms with E-state index in [0.29, 0.717) is 56.2 Å². The Morgan fingerprint density at radius 1 is 0.906 bits per heavy atom. The number of nitrogens with one attached hydrogen (secondary N) is 1.